The standard InChI is InChI=1S/C66H64N2/c1-47(2)41-43-67(57-31-17-49(5)18-32-57)59-35-25-51(26-36-59)21-23-53-29-39-61-63(45-53)65(55-13-9-7-10-14-55)62-40-30-54(46-64(62)66(61)56-15-11-8-12-16-56)24-22-52-27-37-60(38-28-52)68(44-42-48(3)4)58-33-19-50(6)20-34-58/h7-40,45-48H,41-44H2,1-6H3/b23-21+,24-22+. The van der Waals surface area contributed by atoms with Crippen LogP contribution in [0.25, 0.3) is 68.1 Å². The molecule has 0 aliphatic rings. The Morgan fingerprint density at radius 1 is 0.338 bits per heavy atom. The summed E-state index contributed by atoms with van der Waals surface area (Å²) >= 11 is 0. The number of nitrogens with zero attached hydrogens (tertiary/aromatic N) is 2. The number of fused-ring (bicyclic) bond motifs is 2. The Hall–Kier alpha value is -7.42. The van der Waals surface area contributed by atoms with Gasteiger partial charge in [-0.3, -0.25) is 0 Å². The molecule has 0 saturated heterocycles. The molecule has 9 aromatic rings. The van der Waals surface area contributed by atoms with E-state index in [1.165, 1.54) is 99.9 Å². The summed E-state index contributed by atoms with van der Waals surface area (Å²) in [5.74, 6) is 1.26. The van der Waals surface area contributed by atoms with Crippen molar-refractivity contribution in [3.63, 3.8) is 0 Å². The molecule has 0 aliphatic carbocycles. The summed E-state index contributed by atoms with van der Waals surface area (Å²) in [5, 5.41) is 4.98. The second-order valence-corrected chi connectivity index (χ2v) is 19.3. The van der Waals surface area contributed by atoms with E-state index in [9.17, 15) is 0 Å². The van der Waals surface area contributed by atoms with Crippen LogP contribution < -0.4 is 9.80 Å². The van der Waals surface area contributed by atoms with Gasteiger partial charge in [-0.25, -0.2) is 0 Å². The van der Waals surface area contributed by atoms with Crippen molar-refractivity contribution in [1.29, 1.82) is 0 Å². The molecule has 0 radical (unpaired) electrons. The molecule has 0 atom stereocenters. The number of benzene rings is 9. The van der Waals surface area contributed by atoms with Crippen LogP contribution in [-0.2, 0) is 0 Å². The zero-order chi connectivity index (χ0) is 47.0. The van der Waals surface area contributed by atoms with E-state index in [-0.39, 0.29) is 0 Å². The summed E-state index contributed by atoms with van der Waals surface area (Å²) in [4.78, 5) is 4.90. The van der Waals surface area contributed by atoms with E-state index in [1.807, 2.05) is 0 Å². The molecule has 2 nitrogen and oxygen atoms in total. The van der Waals surface area contributed by atoms with E-state index in [0.29, 0.717) is 11.8 Å². The zero-order valence-electron chi connectivity index (χ0n) is 40.7. The van der Waals surface area contributed by atoms with E-state index < -0.39 is 0 Å². The minimum atomic E-state index is 0.632. The highest BCUT2D eigenvalue weighted by Gasteiger charge is 2.18. The van der Waals surface area contributed by atoms with Gasteiger partial charge in [0.2, 0.25) is 0 Å². The molecule has 338 valence electrons. The van der Waals surface area contributed by atoms with Gasteiger partial charge in [0.1, 0.15) is 0 Å². The van der Waals surface area contributed by atoms with Crippen LogP contribution in [-0.4, -0.2) is 13.1 Å². The van der Waals surface area contributed by atoms with Crippen molar-refractivity contribution in [2.24, 2.45) is 11.8 Å². The molecule has 0 amide bonds. The van der Waals surface area contributed by atoms with Crippen LogP contribution in [0.15, 0.2) is 194 Å². The van der Waals surface area contributed by atoms with E-state index >= 15 is 0 Å². The van der Waals surface area contributed by atoms with Gasteiger partial charge in [0, 0.05) is 35.8 Å². The fourth-order valence-electron chi connectivity index (χ4n) is 9.26. The quantitative estimate of drug-likeness (QED) is 0.0705. The molecule has 0 bridgehead atoms. The Balaban J connectivity index is 1.06. The van der Waals surface area contributed by atoms with E-state index in [0.717, 1.165) is 25.9 Å². The highest BCUT2D eigenvalue weighted by Crippen LogP contribution is 2.44. The highest BCUT2D eigenvalue weighted by atomic mass is 15.1. The predicted molar refractivity (Wildman–Crippen MR) is 298 cm³/mol. The third-order valence-corrected chi connectivity index (χ3v) is 13.2. The number of anilines is 4. The van der Waals surface area contributed by atoms with Gasteiger partial charge in [-0.15, -0.1) is 0 Å². The molecule has 68 heavy (non-hydrogen) atoms. The lowest BCUT2D eigenvalue weighted by molar-refractivity contribution is 0.591. The van der Waals surface area contributed by atoms with Crippen LogP contribution >= 0.6 is 0 Å². The van der Waals surface area contributed by atoms with Crippen LogP contribution in [0.5, 0.6) is 0 Å². The molecular formula is C66H64N2. The van der Waals surface area contributed by atoms with Crippen LogP contribution in [0.1, 0.15) is 73.9 Å². The second kappa shape index (κ2) is 21.0. The zero-order valence-corrected chi connectivity index (χ0v) is 40.7. The highest BCUT2D eigenvalue weighted by molar-refractivity contribution is 6.22. The van der Waals surface area contributed by atoms with Gasteiger partial charge >= 0.3 is 0 Å². The summed E-state index contributed by atoms with van der Waals surface area (Å²) in [5.41, 5.74) is 17.1. The Bertz CT molecular complexity index is 2920. The van der Waals surface area contributed by atoms with Gasteiger partial charge in [-0.2, -0.15) is 0 Å². The Morgan fingerprint density at radius 2 is 0.647 bits per heavy atom. The molecular weight excluding hydrogens is 821 g/mol. The first-order valence-electron chi connectivity index (χ1n) is 24.6. The van der Waals surface area contributed by atoms with Gasteiger partial charge in [0.15, 0.2) is 0 Å². The average Bonchev–Trinajstić information content (AvgIpc) is 3.36. The van der Waals surface area contributed by atoms with Gasteiger partial charge in [-0.1, -0.05) is 197 Å². The molecule has 9 rings (SSSR count). The maximum absolute atomic E-state index is 2.45. The van der Waals surface area contributed by atoms with Gasteiger partial charge in [0.05, 0.1) is 0 Å². The summed E-state index contributed by atoms with van der Waals surface area (Å²) in [6.07, 6.45) is 11.3. The third-order valence-electron chi connectivity index (χ3n) is 13.2. The van der Waals surface area contributed by atoms with Gasteiger partial charge in [0.25, 0.3) is 0 Å². The minimum Gasteiger partial charge on any atom is -0.341 e. The largest absolute Gasteiger partial charge is 0.341 e. The van der Waals surface area contributed by atoms with E-state index in [1.54, 1.807) is 0 Å². The van der Waals surface area contributed by atoms with Crippen LogP contribution in [0.2, 0.25) is 0 Å². The normalized spacial score (nSPS) is 11.8. The number of hydrogen-bond acceptors (Lipinski definition) is 2. The SMILES string of the molecule is Cc1ccc(N(CCC(C)C)c2ccc(/C=C/c3ccc4c(-c5ccccc5)c5cc(/C=C/c6ccc(N(CCC(C)C)c7ccc(C)cc7)cc6)ccc5c(-c5ccccc5)c4c3)cc2)cc1. The van der Waals surface area contributed by atoms with E-state index in [2.05, 4.69) is 270 Å². The molecule has 0 saturated carbocycles. The second-order valence-electron chi connectivity index (χ2n) is 19.3. The Morgan fingerprint density at radius 3 is 0.985 bits per heavy atom. The summed E-state index contributed by atoms with van der Waals surface area (Å²) < 4.78 is 0. The van der Waals surface area contributed by atoms with Crippen molar-refractivity contribution in [3.05, 3.63) is 228 Å². The summed E-state index contributed by atoms with van der Waals surface area (Å²) in [6.45, 7) is 15.5. The third kappa shape index (κ3) is 10.7. The van der Waals surface area contributed by atoms with Crippen LogP contribution in [0.3, 0.4) is 0 Å². The van der Waals surface area contributed by atoms with Crippen molar-refractivity contribution in [2.75, 3.05) is 22.9 Å². The first kappa shape index (κ1) is 45.7. The predicted octanol–water partition coefficient (Wildman–Crippen LogP) is 18.7. The smallest absolute Gasteiger partial charge is 0.0411 e. The Labute approximate surface area is 405 Å². The summed E-state index contributed by atoms with van der Waals surface area (Å²) in [7, 11) is 0. The molecule has 9 aromatic carbocycles. The van der Waals surface area contributed by atoms with Crippen molar-refractivity contribution < 1.29 is 0 Å². The van der Waals surface area contributed by atoms with Crippen molar-refractivity contribution in [1.82, 2.24) is 0 Å². The summed E-state index contributed by atoms with van der Waals surface area (Å²) in [6, 6.07) is 71.7. The maximum Gasteiger partial charge on any atom is 0.0411 e. The Kier molecular flexibility index (Phi) is 14.1. The fraction of sp³-hybridized carbons (Fsp3) is 0.182. The van der Waals surface area contributed by atoms with Crippen LogP contribution in [0, 0.1) is 25.7 Å². The van der Waals surface area contributed by atoms with E-state index in [4.69, 9.17) is 0 Å². The van der Waals surface area contributed by atoms with Crippen LogP contribution in [0.4, 0.5) is 22.7 Å². The molecule has 0 aliphatic heterocycles. The molecule has 0 unspecified atom stereocenters. The molecule has 2 heteroatoms. The first-order valence-corrected chi connectivity index (χ1v) is 24.6. The lowest BCUT2D eigenvalue weighted by Gasteiger charge is -2.26. The topological polar surface area (TPSA) is 6.48 Å². The minimum absolute atomic E-state index is 0.632. The monoisotopic (exact) mass is 885 g/mol. The van der Waals surface area contributed by atoms with Gasteiger partial charge < -0.3 is 9.80 Å². The van der Waals surface area contributed by atoms with Gasteiger partial charge in [-0.05, 0) is 165 Å². The average molecular weight is 885 g/mol. The van der Waals surface area contributed by atoms with Crippen molar-refractivity contribution in [3.8, 4) is 22.3 Å². The molecule has 0 heterocycles. The molecule has 0 N–H and O–H groups in total. The van der Waals surface area contributed by atoms with Crippen molar-refractivity contribution >= 4 is 68.6 Å². The number of aryl methyl sites for hydroxylation is 2. The first-order chi connectivity index (χ1) is 33.2. The number of hydrogen-bond donors (Lipinski definition) is 0. The molecule has 0 fully saturated rings. The lowest BCUT2D eigenvalue weighted by Crippen LogP contribution is -2.19. The lowest BCUT2D eigenvalue weighted by atomic mass is 9.84. The molecule has 0 spiro atoms. The maximum atomic E-state index is 2.45. The van der Waals surface area contributed by atoms with Crippen molar-refractivity contribution in [2.45, 2.75) is 54.4 Å². The number of rotatable bonds is 16. The fourth-order valence-corrected chi connectivity index (χ4v) is 9.26. The molecule has 0 aromatic heterocycles.